The van der Waals surface area contributed by atoms with Crippen LogP contribution in [0.1, 0.15) is 32.3 Å². The molecule has 0 aliphatic carbocycles. The van der Waals surface area contributed by atoms with Gasteiger partial charge in [-0.3, -0.25) is 4.79 Å². The second-order valence-corrected chi connectivity index (χ2v) is 9.46. The Kier molecular flexibility index (Phi) is 7.37. The van der Waals surface area contributed by atoms with E-state index in [9.17, 15) is 9.59 Å². The summed E-state index contributed by atoms with van der Waals surface area (Å²) in [5.74, 6) is 0.471. The van der Waals surface area contributed by atoms with Crippen LogP contribution in [0, 0.1) is 12.8 Å². The molecular weight excluding hydrogens is 455 g/mol. The molecule has 0 saturated carbocycles. The van der Waals surface area contributed by atoms with E-state index in [1.165, 1.54) is 18.4 Å². The minimum absolute atomic E-state index is 0.00434. The summed E-state index contributed by atoms with van der Waals surface area (Å²) in [6.45, 7) is 3.23. The topological polar surface area (TPSA) is 87.3 Å². The quantitative estimate of drug-likeness (QED) is 0.615. The Morgan fingerprint density at radius 2 is 2.21 bits per heavy atom. The number of thiazole rings is 1. The Hall–Kier alpha value is -1.42. The van der Waals surface area contributed by atoms with Crippen molar-refractivity contribution in [2.45, 2.75) is 19.4 Å². The zero-order valence-electron chi connectivity index (χ0n) is 16.3. The molecule has 29 heavy (non-hydrogen) atoms. The molecule has 2 N–H and O–H groups in total. The number of hydrogen-bond acceptors (Lipinski definition) is 7. The molecule has 1 saturated heterocycles. The van der Waals surface area contributed by atoms with Crippen LogP contribution in [0.5, 0.6) is 0 Å². The summed E-state index contributed by atoms with van der Waals surface area (Å²) >= 11 is 15.3. The number of thioether (sulfide) groups is 1. The molecule has 11 heteroatoms. The number of carbonyl (C=O) groups excluding carboxylic acids is 2. The van der Waals surface area contributed by atoms with E-state index in [1.54, 1.807) is 24.9 Å². The smallest absolute Gasteiger partial charge is 0.349 e. The molecule has 0 radical (unpaired) electrons. The first-order chi connectivity index (χ1) is 13.8. The highest BCUT2D eigenvalue weighted by atomic mass is 35.5. The number of ether oxygens (including phenoxy) is 1. The second kappa shape index (κ2) is 9.59. The van der Waals surface area contributed by atoms with Gasteiger partial charge in [-0.15, -0.1) is 0 Å². The van der Waals surface area contributed by atoms with Crippen molar-refractivity contribution in [3.8, 4) is 0 Å². The average molecular weight is 477 g/mol. The standard InChI is InChI=1S/C18H22Cl2N4O3S2/c1-9-13(19)14(20)15(22-9)16(25)23-11-4-5-24(7-10(11)8-28-3)18-21-6-12(29-18)17(26)27-2/h6,10-11,22H,4-5,7-8H2,1-3H3,(H,23,25)/t10-,11-/m0/s1. The van der Waals surface area contributed by atoms with Crippen LogP contribution in [0.3, 0.4) is 0 Å². The normalized spacial score (nSPS) is 19.3. The van der Waals surface area contributed by atoms with E-state index in [4.69, 9.17) is 27.9 Å². The molecule has 1 aliphatic rings. The average Bonchev–Trinajstić information content (AvgIpc) is 3.30. The highest BCUT2D eigenvalue weighted by Gasteiger charge is 2.32. The Balaban J connectivity index is 1.70. The van der Waals surface area contributed by atoms with Crippen molar-refractivity contribution in [2.24, 2.45) is 5.92 Å². The molecule has 0 aromatic carbocycles. The maximum atomic E-state index is 12.7. The van der Waals surface area contributed by atoms with E-state index < -0.39 is 0 Å². The van der Waals surface area contributed by atoms with Crippen molar-refractivity contribution in [3.05, 3.63) is 32.5 Å². The lowest BCUT2D eigenvalue weighted by atomic mass is 9.93. The predicted octanol–water partition coefficient (Wildman–Crippen LogP) is 3.86. The van der Waals surface area contributed by atoms with Gasteiger partial charge in [-0.05, 0) is 25.4 Å². The Labute approximate surface area is 187 Å². The van der Waals surface area contributed by atoms with Crippen LogP contribution in [0.2, 0.25) is 10.0 Å². The molecule has 158 valence electrons. The Bertz CT molecular complexity index is 902. The van der Waals surface area contributed by atoms with Crippen LogP contribution in [0.25, 0.3) is 0 Å². The third-order valence-corrected chi connectivity index (χ3v) is 7.61. The van der Waals surface area contributed by atoms with E-state index in [1.807, 2.05) is 6.26 Å². The maximum Gasteiger partial charge on any atom is 0.349 e. The highest BCUT2D eigenvalue weighted by molar-refractivity contribution is 7.98. The first-order valence-electron chi connectivity index (χ1n) is 8.98. The van der Waals surface area contributed by atoms with Crippen LogP contribution in [-0.2, 0) is 4.74 Å². The number of aryl methyl sites for hydroxylation is 1. The number of halogens is 2. The molecule has 2 aromatic rings. The molecule has 0 spiro atoms. The molecule has 2 atom stereocenters. The van der Waals surface area contributed by atoms with Gasteiger partial charge in [-0.2, -0.15) is 11.8 Å². The van der Waals surface area contributed by atoms with Gasteiger partial charge in [-0.1, -0.05) is 34.5 Å². The lowest BCUT2D eigenvalue weighted by Crippen LogP contribution is -2.52. The summed E-state index contributed by atoms with van der Waals surface area (Å²) in [6.07, 6.45) is 4.35. The summed E-state index contributed by atoms with van der Waals surface area (Å²) in [7, 11) is 1.36. The molecule has 1 aliphatic heterocycles. The lowest BCUT2D eigenvalue weighted by Gasteiger charge is -2.38. The summed E-state index contributed by atoms with van der Waals surface area (Å²) in [5.41, 5.74) is 0.963. The SMILES string of the molecule is COC(=O)c1cnc(N2CC[C@H](NC(=O)c3[nH]c(C)c(Cl)c3Cl)[C@H](CSC)C2)s1. The first-order valence-corrected chi connectivity index (χ1v) is 11.9. The van der Waals surface area contributed by atoms with E-state index in [0.29, 0.717) is 21.3 Å². The third-order valence-electron chi connectivity index (χ3n) is 4.86. The van der Waals surface area contributed by atoms with Crippen LogP contribution >= 0.6 is 46.3 Å². The second-order valence-electron chi connectivity index (χ2n) is 6.78. The van der Waals surface area contributed by atoms with Gasteiger partial charge in [0.1, 0.15) is 10.6 Å². The molecule has 0 bridgehead atoms. The van der Waals surface area contributed by atoms with Crippen LogP contribution in [0.4, 0.5) is 5.13 Å². The van der Waals surface area contributed by atoms with Gasteiger partial charge in [0, 0.05) is 30.7 Å². The Morgan fingerprint density at radius 1 is 1.45 bits per heavy atom. The molecule has 1 fully saturated rings. The number of piperidine rings is 1. The molecule has 2 aromatic heterocycles. The molecule has 1 amide bonds. The first kappa shape index (κ1) is 22.3. The van der Waals surface area contributed by atoms with Crippen molar-refractivity contribution in [2.75, 3.05) is 37.1 Å². The number of methoxy groups -OCH3 is 1. The Morgan fingerprint density at radius 3 is 2.83 bits per heavy atom. The molecular formula is C18H22Cl2N4O3S2. The molecule has 0 unspecified atom stereocenters. The number of carbonyl (C=O) groups is 2. The number of aromatic amines is 1. The van der Waals surface area contributed by atoms with Gasteiger partial charge >= 0.3 is 5.97 Å². The fraction of sp³-hybridized carbons (Fsp3) is 0.500. The number of hydrogen-bond donors (Lipinski definition) is 2. The summed E-state index contributed by atoms with van der Waals surface area (Å²) in [6, 6.07) is 0.00434. The van der Waals surface area contributed by atoms with Crippen molar-refractivity contribution in [1.82, 2.24) is 15.3 Å². The van der Waals surface area contributed by atoms with E-state index >= 15 is 0 Å². The van der Waals surface area contributed by atoms with Crippen LogP contribution < -0.4 is 10.2 Å². The summed E-state index contributed by atoms with van der Waals surface area (Å²) < 4.78 is 4.76. The van der Waals surface area contributed by atoms with Gasteiger partial charge in [0.15, 0.2) is 5.13 Å². The van der Waals surface area contributed by atoms with E-state index in [0.717, 1.165) is 30.4 Å². The van der Waals surface area contributed by atoms with Crippen LogP contribution in [0.15, 0.2) is 6.20 Å². The summed E-state index contributed by atoms with van der Waals surface area (Å²) in [5, 5.41) is 4.52. The number of nitrogens with zero attached hydrogens (tertiary/aromatic N) is 2. The van der Waals surface area contributed by atoms with Crippen molar-refractivity contribution in [3.63, 3.8) is 0 Å². The van der Waals surface area contributed by atoms with Crippen molar-refractivity contribution < 1.29 is 14.3 Å². The van der Waals surface area contributed by atoms with Crippen molar-refractivity contribution in [1.29, 1.82) is 0 Å². The third kappa shape index (κ3) is 4.84. The van der Waals surface area contributed by atoms with Gasteiger partial charge in [0.25, 0.3) is 5.91 Å². The fourth-order valence-corrected chi connectivity index (χ4v) is 5.41. The number of nitrogens with one attached hydrogen (secondary N) is 2. The number of rotatable bonds is 6. The largest absolute Gasteiger partial charge is 0.465 e. The maximum absolute atomic E-state index is 12.7. The zero-order valence-corrected chi connectivity index (χ0v) is 19.4. The number of anilines is 1. The van der Waals surface area contributed by atoms with Gasteiger partial charge in [-0.25, -0.2) is 9.78 Å². The number of aromatic nitrogens is 2. The van der Waals surface area contributed by atoms with E-state index in [-0.39, 0.29) is 28.9 Å². The number of H-pyrrole nitrogens is 1. The zero-order chi connectivity index (χ0) is 21.1. The molecule has 3 rings (SSSR count). The minimum atomic E-state index is -0.381. The molecule has 7 nitrogen and oxygen atoms in total. The molecule has 3 heterocycles. The minimum Gasteiger partial charge on any atom is -0.465 e. The highest BCUT2D eigenvalue weighted by Crippen LogP contribution is 2.31. The van der Waals surface area contributed by atoms with Crippen LogP contribution in [-0.4, -0.2) is 60.1 Å². The van der Waals surface area contributed by atoms with E-state index in [2.05, 4.69) is 20.2 Å². The van der Waals surface area contributed by atoms with Crippen molar-refractivity contribution >= 4 is 63.3 Å². The lowest BCUT2D eigenvalue weighted by molar-refractivity contribution is 0.0606. The van der Waals surface area contributed by atoms with Gasteiger partial charge in [0.2, 0.25) is 0 Å². The summed E-state index contributed by atoms with van der Waals surface area (Å²) in [4.78, 5) is 34.4. The van der Waals surface area contributed by atoms with Gasteiger partial charge in [0.05, 0.1) is 23.4 Å². The fourth-order valence-electron chi connectivity index (χ4n) is 3.35. The van der Waals surface area contributed by atoms with Gasteiger partial charge < -0.3 is 19.9 Å². The predicted molar refractivity (Wildman–Crippen MR) is 119 cm³/mol. The number of amides is 1. The number of esters is 1. The monoisotopic (exact) mass is 476 g/mol.